The van der Waals surface area contributed by atoms with Crippen molar-refractivity contribution < 1.29 is 36.3 Å². The van der Waals surface area contributed by atoms with Gasteiger partial charge in [-0.05, 0) is 28.8 Å². The minimum absolute atomic E-state index is 0.0527. The molecule has 3 aromatic carbocycles. The Labute approximate surface area is 229 Å². The maximum atomic E-state index is 15.4. The third kappa shape index (κ3) is 5.03. The molecule has 0 N–H and O–H groups in total. The molecule has 5 rings (SSSR count). The van der Waals surface area contributed by atoms with Crippen LogP contribution in [-0.4, -0.2) is 36.0 Å². The van der Waals surface area contributed by atoms with Gasteiger partial charge in [-0.2, -0.15) is 13.2 Å². The lowest BCUT2D eigenvalue weighted by atomic mass is 9.85. The summed E-state index contributed by atoms with van der Waals surface area (Å²) in [6.45, 7) is -0.398. The second-order valence-electron chi connectivity index (χ2n) is 9.32. The van der Waals surface area contributed by atoms with Crippen molar-refractivity contribution in [3.05, 3.63) is 105 Å². The molecule has 1 amide bonds. The van der Waals surface area contributed by atoms with Crippen LogP contribution in [0.25, 0.3) is 0 Å². The van der Waals surface area contributed by atoms with Gasteiger partial charge in [-0.25, -0.2) is 13.6 Å². The number of amides is 1. The molecule has 0 spiro atoms. The van der Waals surface area contributed by atoms with E-state index < -0.39 is 51.4 Å². The predicted molar refractivity (Wildman–Crippen MR) is 134 cm³/mol. The molecule has 0 aliphatic carbocycles. The average molecular weight is 585 g/mol. The second kappa shape index (κ2) is 9.98. The topological polar surface area (TPSA) is 51.1 Å². The zero-order valence-electron chi connectivity index (χ0n) is 19.9. The second-order valence-corrected chi connectivity index (χ2v) is 10.1. The number of rotatable bonds is 5. The molecule has 2 heterocycles. The fourth-order valence-corrected chi connectivity index (χ4v) is 4.98. The highest BCUT2D eigenvalue weighted by Gasteiger charge is 2.62. The van der Waals surface area contributed by atoms with Crippen LogP contribution in [0.2, 0.25) is 10.0 Å². The fraction of sp³-hybridized carbons (Fsp3) is 0.259. The van der Waals surface area contributed by atoms with Gasteiger partial charge in [0, 0.05) is 12.0 Å². The molecule has 0 aromatic heterocycles. The van der Waals surface area contributed by atoms with E-state index >= 15 is 4.39 Å². The molecular weight excluding hydrogens is 566 g/mol. The monoisotopic (exact) mass is 584 g/mol. The van der Waals surface area contributed by atoms with Crippen molar-refractivity contribution in [3.8, 4) is 0 Å². The molecule has 1 saturated heterocycles. The number of hydrogen-bond acceptors (Lipinski definition) is 4. The Balaban J connectivity index is 1.26. The summed E-state index contributed by atoms with van der Waals surface area (Å²) >= 11 is 11.5. The van der Waals surface area contributed by atoms with Crippen molar-refractivity contribution in [2.45, 2.75) is 30.5 Å². The lowest BCUT2D eigenvalue weighted by Crippen LogP contribution is -2.58. The summed E-state index contributed by atoms with van der Waals surface area (Å²) in [5.41, 5.74) is -4.01. The highest BCUT2D eigenvalue weighted by atomic mass is 35.5. The number of oxime groups is 1. The maximum Gasteiger partial charge on any atom is 0.435 e. The molecule has 3 aromatic rings. The van der Waals surface area contributed by atoms with Crippen molar-refractivity contribution in [2.24, 2.45) is 5.16 Å². The third-order valence-electron chi connectivity index (χ3n) is 6.72. The number of carbonyl (C=O) groups is 1. The number of benzene rings is 3. The predicted octanol–water partition coefficient (Wildman–Crippen LogP) is 7.53. The van der Waals surface area contributed by atoms with E-state index in [1.54, 1.807) is 12.1 Å². The molecule has 5 nitrogen and oxygen atoms in total. The first-order valence-electron chi connectivity index (χ1n) is 11.6. The number of ether oxygens (including phenoxy) is 1. The number of nitrogens with zero attached hydrogens (tertiary/aromatic N) is 2. The standard InChI is InChI=1S/C27H19Cl2F5N2O3/c28-20-10-19(11-21(29)23(20)30)26(27(32,33)34)12-22(35-39-26)17-6-8-18(9-7-17)25(31)14-36(15-25)24(37)38-13-16-4-2-1-3-5-16/h1-11H,12-15H2/t26-/m0/s1. The van der Waals surface area contributed by atoms with E-state index in [4.69, 9.17) is 32.8 Å². The van der Waals surface area contributed by atoms with E-state index in [1.807, 2.05) is 18.2 Å². The van der Waals surface area contributed by atoms with Crippen molar-refractivity contribution >= 4 is 35.0 Å². The minimum atomic E-state index is -4.95. The van der Waals surface area contributed by atoms with Crippen molar-refractivity contribution in [1.29, 1.82) is 0 Å². The highest BCUT2D eigenvalue weighted by Crippen LogP contribution is 2.50. The van der Waals surface area contributed by atoms with Crippen LogP contribution in [0.4, 0.5) is 26.7 Å². The molecule has 2 aliphatic rings. The van der Waals surface area contributed by atoms with Gasteiger partial charge in [0.1, 0.15) is 6.61 Å². The summed E-state index contributed by atoms with van der Waals surface area (Å²) in [6, 6.07) is 16.3. The first kappa shape index (κ1) is 27.2. The van der Waals surface area contributed by atoms with Crippen LogP contribution in [0.15, 0.2) is 71.9 Å². The Morgan fingerprint density at radius 3 is 2.21 bits per heavy atom. The summed E-state index contributed by atoms with van der Waals surface area (Å²) in [7, 11) is 0. The van der Waals surface area contributed by atoms with E-state index in [2.05, 4.69) is 5.16 Å². The Kier molecular flexibility index (Phi) is 6.97. The van der Waals surface area contributed by atoms with E-state index in [0.717, 1.165) is 17.7 Å². The third-order valence-corrected chi connectivity index (χ3v) is 7.27. The molecule has 0 bridgehead atoms. The zero-order chi connectivity index (χ0) is 28.0. The quantitative estimate of drug-likeness (QED) is 0.230. The van der Waals surface area contributed by atoms with Gasteiger partial charge in [-0.15, -0.1) is 0 Å². The first-order chi connectivity index (χ1) is 18.4. The summed E-state index contributed by atoms with van der Waals surface area (Å²) in [6.07, 6.45) is -6.34. The summed E-state index contributed by atoms with van der Waals surface area (Å²) < 4.78 is 77.1. The van der Waals surface area contributed by atoms with Gasteiger partial charge in [0.25, 0.3) is 5.60 Å². The van der Waals surface area contributed by atoms with Crippen LogP contribution in [0.3, 0.4) is 0 Å². The van der Waals surface area contributed by atoms with E-state index in [9.17, 15) is 22.4 Å². The van der Waals surface area contributed by atoms with Gasteiger partial charge < -0.3 is 14.5 Å². The van der Waals surface area contributed by atoms with Gasteiger partial charge in [-0.1, -0.05) is 83.0 Å². The highest BCUT2D eigenvalue weighted by molar-refractivity contribution is 6.35. The lowest BCUT2D eigenvalue weighted by molar-refractivity contribution is -0.275. The van der Waals surface area contributed by atoms with E-state index in [1.165, 1.54) is 29.2 Å². The lowest BCUT2D eigenvalue weighted by Gasteiger charge is -2.43. The van der Waals surface area contributed by atoms with Gasteiger partial charge >= 0.3 is 12.3 Å². The normalized spacial score (nSPS) is 20.2. The van der Waals surface area contributed by atoms with Gasteiger partial charge in [-0.3, -0.25) is 0 Å². The Hall–Kier alpha value is -3.37. The van der Waals surface area contributed by atoms with Gasteiger partial charge in [0.05, 0.1) is 28.8 Å². The Morgan fingerprint density at radius 1 is 1.00 bits per heavy atom. The molecule has 0 saturated carbocycles. The van der Waals surface area contributed by atoms with Gasteiger partial charge in [0.2, 0.25) is 0 Å². The van der Waals surface area contributed by atoms with Crippen LogP contribution in [0.1, 0.15) is 28.7 Å². The van der Waals surface area contributed by atoms with E-state index in [0.29, 0.717) is 0 Å². The molecule has 12 heteroatoms. The van der Waals surface area contributed by atoms with Crippen molar-refractivity contribution in [1.82, 2.24) is 4.90 Å². The number of alkyl halides is 4. The van der Waals surface area contributed by atoms with Crippen molar-refractivity contribution in [3.63, 3.8) is 0 Å². The van der Waals surface area contributed by atoms with Crippen LogP contribution >= 0.6 is 23.2 Å². The minimum Gasteiger partial charge on any atom is -0.445 e. The SMILES string of the molecule is O=C(OCc1ccccc1)N1CC(F)(c2ccc(C3=NO[C@@](c4cc(Cl)c(F)c(Cl)c4)(C(F)(F)F)C3)cc2)C1. The Bertz CT molecular complexity index is 1400. The smallest absolute Gasteiger partial charge is 0.435 e. The number of carbonyl (C=O) groups excluding carboxylic acids is 1. The van der Waals surface area contributed by atoms with Crippen LogP contribution < -0.4 is 0 Å². The van der Waals surface area contributed by atoms with Crippen LogP contribution in [0, 0.1) is 5.82 Å². The fourth-order valence-electron chi connectivity index (χ4n) is 4.49. The molecule has 1 fully saturated rings. The molecule has 0 unspecified atom stereocenters. The zero-order valence-corrected chi connectivity index (χ0v) is 21.5. The van der Waals surface area contributed by atoms with Crippen molar-refractivity contribution in [2.75, 3.05) is 13.1 Å². The molecule has 39 heavy (non-hydrogen) atoms. The van der Waals surface area contributed by atoms with E-state index in [-0.39, 0.29) is 36.5 Å². The van der Waals surface area contributed by atoms with Crippen LogP contribution in [-0.2, 0) is 27.5 Å². The number of hydrogen-bond donors (Lipinski definition) is 0. The summed E-state index contributed by atoms with van der Waals surface area (Å²) in [4.78, 5) is 18.4. The largest absolute Gasteiger partial charge is 0.445 e. The molecular formula is C27H19Cl2F5N2O3. The molecule has 1 atom stereocenters. The summed E-state index contributed by atoms with van der Waals surface area (Å²) in [5.74, 6) is -1.05. The van der Waals surface area contributed by atoms with Crippen LogP contribution in [0.5, 0.6) is 0 Å². The summed E-state index contributed by atoms with van der Waals surface area (Å²) in [5, 5.41) is 2.47. The molecule has 204 valence electrons. The maximum absolute atomic E-state index is 15.4. The average Bonchev–Trinajstić information content (AvgIpc) is 3.36. The molecule has 0 radical (unpaired) electrons. The molecule has 2 aliphatic heterocycles. The number of halogens is 7. The van der Waals surface area contributed by atoms with Gasteiger partial charge in [0.15, 0.2) is 11.5 Å². The number of likely N-dealkylation sites (tertiary alicyclic amines) is 1. The first-order valence-corrected chi connectivity index (χ1v) is 12.4. The Morgan fingerprint density at radius 2 is 1.62 bits per heavy atom.